The highest BCUT2D eigenvalue weighted by Gasteiger charge is 2.17. The lowest BCUT2D eigenvalue weighted by Crippen LogP contribution is -2.27. The van der Waals surface area contributed by atoms with E-state index >= 15 is 0 Å². The van der Waals surface area contributed by atoms with Crippen molar-refractivity contribution >= 4 is 44.7 Å². The molecule has 10 heteroatoms. The number of carbonyl (C=O) groups is 1. The molecule has 168 valence electrons. The van der Waals surface area contributed by atoms with Gasteiger partial charge in [0.15, 0.2) is 5.65 Å². The number of nitrogens with one attached hydrogen (secondary N) is 1. The highest BCUT2D eigenvalue weighted by molar-refractivity contribution is 7.20. The Bertz CT molecular complexity index is 1530. The van der Waals surface area contributed by atoms with Gasteiger partial charge in [0.1, 0.15) is 4.83 Å². The SMILES string of the molecule is Cc1nn(Cc2ccccc2Cl)c2sc(C(=O)NCCCn3nc4ccccn4c3=O)cc12. The Morgan fingerprint density at radius 1 is 1.12 bits per heavy atom. The summed E-state index contributed by atoms with van der Waals surface area (Å²) in [6, 6.07) is 15.0. The Labute approximate surface area is 198 Å². The van der Waals surface area contributed by atoms with Crippen molar-refractivity contribution in [2.75, 3.05) is 6.54 Å². The molecule has 0 fully saturated rings. The van der Waals surface area contributed by atoms with Crippen LogP contribution in [0.15, 0.2) is 59.5 Å². The van der Waals surface area contributed by atoms with Gasteiger partial charge in [-0.2, -0.15) is 5.10 Å². The number of amides is 1. The van der Waals surface area contributed by atoms with Crippen LogP contribution in [0.4, 0.5) is 0 Å². The number of aromatic nitrogens is 5. The minimum Gasteiger partial charge on any atom is -0.351 e. The fourth-order valence-corrected chi connectivity index (χ4v) is 5.02. The van der Waals surface area contributed by atoms with E-state index in [-0.39, 0.29) is 11.6 Å². The van der Waals surface area contributed by atoms with Gasteiger partial charge >= 0.3 is 5.69 Å². The van der Waals surface area contributed by atoms with Gasteiger partial charge in [-0.3, -0.25) is 13.9 Å². The molecule has 0 spiro atoms. The fraction of sp³-hybridized carbons (Fsp3) is 0.217. The van der Waals surface area contributed by atoms with E-state index in [0.717, 1.165) is 21.5 Å². The van der Waals surface area contributed by atoms with Crippen LogP contribution >= 0.6 is 22.9 Å². The average Bonchev–Trinajstić information content (AvgIpc) is 3.47. The predicted octanol–water partition coefficient (Wildman–Crippen LogP) is 3.74. The van der Waals surface area contributed by atoms with E-state index in [4.69, 9.17) is 11.6 Å². The lowest BCUT2D eigenvalue weighted by Gasteiger charge is -2.05. The van der Waals surface area contributed by atoms with E-state index in [2.05, 4.69) is 15.5 Å². The quantitative estimate of drug-likeness (QED) is 0.359. The topological polar surface area (TPSA) is 86.2 Å². The van der Waals surface area contributed by atoms with Crippen molar-refractivity contribution in [2.45, 2.75) is 26.4 Å². The third-order valence-corrected chi connectivity index (χ3v) is 6.95. The fourth-order valence-electron chi connectivity index (χ4n) is 3.75. The molecule has 5 rings (SSSR count). The van der Waals surface area contributed by atoms with E-state index in [1.165, 1.54) is 20.4 Å². The zero-order valence-corrected chi connectivity index (χ0v) is 19.4. The Hall–Kier alpha value is -3.43. The number of pyridine rings is 1. The molecule has 5 aromatic rings. The van der Waals surface area contributed by atoms with E-state index in [0.29, 0.717) is 41.6 Å². The standard InChI is InChI=1S/C23H21ClN6O2S/c1-15-17-13-19(33-22(17)30(26-15)14-16-7-2-3-8-18(16)24)21(31)25-10-6-12-29-23(32)28-11-5-4-9-20(28)27-29/h2-5,7-9,11,13H,6,10,12,14H2,1H3,(H,25,31). The number of nitrogens with zero attached hydrogens (tertiary/aromatic N) is 5. The minimum absolute atomic E-state index is 0.137. The first-order chi connectivity index (χ1) is 16.0. The van der Waals surface area contributed by atoms with Gasteiger partial charge in [0, 0.05) is 29.7 Å². The van der Waals surface area contributed by atoms with Crippen LogP contribution in [0, 0.1) is 6.92 Å². The highest BCUT2D eigenvalue weighted by atomic mass is 35.5. The number of carbonyl (C=O) groups excluding carboxylic acids is 1. The summed E-state index contributed by atoms with van der Waals surface area (Å²) in [4.78, 5) is 26.6. The molecule has 0 bridgehead atoms. The molecule has 0 saturated heterocycles. The summed E-state index contributed by atoms with van der Waals surface area (Å²) in [6.45, 7) is 3.35. The molecular weight excluding hydrogens is 460 g/mol. The predicted molar refractivity (Wildman–Crippen MR) is 129 cm³/mol. The molecule has 0 radical (unpaired) electrons. The summed E-state index contributed by atoms with van der Waals surface area (Å²) in [5.41, 5.74) is 2.28. The number of benzene rings is 1. The van der Waals surface area contributed by atoms with Crippen molar-refractivity contribution < 1.29 is 4.79 Å². The second kappa shape index (κ2) is 8.84. The zero-order chi connectivity index (χ0) is 22.9. The van der Waals surface area contributed by atoms with Crippen LogP contribution in [-0.2, 0) is 13.1 Å². The average molecular weight is 481 g/mol. The second-order valence-electron chi connectivity index (χ2n) is 7.71. The highest BCUT2D eigenvalue weighted by Crippen LogP contribution is 2.29. The zero-order valence-electron chi connectivity index (χ0n) is 17.9. The summed E-state index contributed by atoms with van der Waals surface area (Å²) >= 11 is 7.72. The number of hydrogen-bond donors (Lipinski definition) is 1. The van der Waals surface area contributed by atoms with Gasteiger partial charge in [0.2, 0.25) is 0 Å². The second-order valence-corrected chi connectivity index (χ2v) is 9.15. The van der Waals surface area contributed by atoms with Crippen molar-refractivity contribution in [1.29, 1.82) is 0 Å². The first-order valence-electron chi connectivity index (χ1n) is 10.5. The van der Waals surface area contributed by atoms with E-state index in [1.807, 2.05) is 48.0 Å². The van der Waals surface area contributed by atoms with Gasteiger partial charge in [-0.05, 0) is 43.2 Å². The summed E-state index contributed by atoms with van der Waals surface area (Å²) in [7, 11) is 0. The number of rotatable bonds is 7. The van der Waals surface area contributed by atoms with Crippen LogP contribution in [0.25, 0.3) is 15.9 Å². The van der Waals surface area contributed by atoms with Gasteiger partial charge in [0.25, 0.3) is 5.91 Å². The Balaban J connectivity index is 1.24. The van der Waals surface area contributed by atoms with Crippen LogP contribution in [-0.4, -0.2) is 36.4 Å². The third-order valence-electron chi connectivity index (χ3n) is 5.43. The van der Waals surface area contributed by atoms with Crippen molar-refractivity contribution in [2.24, 2.45) is 0 Å². The molecule has 1 N–H and O–H groups in total. The number of fused-ring (bicyclic) bond motifs is 2. The molecule has 33 heavy (non-hydrogen) atoms. The van der Waals surface area contributed by atoms with Crippen molar-refractivity contribution in [3.63, 3.8) is 0 Å². The molecule has 0 aliphatic rings. The van der Waals surface area contributed by atoms with Gasteiger partial charge in [-0.15, -0.1) is 16.4 Å². The summed E-state index contributed by atoms with van der Waals surface area (Å²) < 4.78 is 4.82. The van der Waals surface area contributed by atoms with E-state index in [1.54, 1.807) is 18.3 Å². The van der Waals surface area contributed by atoms with Gasteiger partial charge < -0.3 is 5.32 Å². The molecular formula is C23H21ClN6O2S. The van der Waals surface area contributed by atoms with Crippen molar-refractivity contribution in [1.82, 2.24) is 29.3 Å². The molecule has 4 heterocycles. The van der Waals surface area contributed by atoms with Crippen LogP contribution in [0.3, 0.4) is 0 Å². The van der Waals surface area contributed by atoms with Gasteiger partial charge in [0.05, 0.1) is 17.1 Å². The smallest absolute Gasteiger partial charge is 0.350 e. The van der Waals surface area contributed by atoms with E-state index < -0.39 is 0 Å². The molecule has 0 aliphatic carbocycles. The lowest BCUT2D eigenvalue weighted by atomic mass is 10.2. The largest absolute Gasteiger partial charge is 0.351 e. The minimum atomic E-state index is -0.181. The molecule has 1 aromatic carbocycles. The Morgan fingerprint density at radius 2 is 1.94 bits per heavy atom. The van der Waals surface area contributed by atoms with Crippen LogP contribution in [0.2, 0.25) is 5.02 Å². The number of aryl methyl sites for hydroxylation is 2. The number of thiophene rings is 1. The van der Waals surface area contributed by atoms with Crippen molar-refractivity contribution in [3.8, 4) is 0 Å². The molecule has 0 atom stereocenters. The summed E-state index contributed by atoms with van der Waals surface area (Å²) in [6.07, 6.45) is 2.29. The maximum Gasteiger partial charge on any atom is 0.350 e. The van der Waals surface area contributed by atoms with Crippen LogP contribution < -0.4 is 11.0 Å². The molecule has 0 aliphatic heterocycles. The Morgan fingerprint density at radius 3 is 2.76 bits per heavy atom. The molecule has 0 saturated carbocycles. The van der Waals surface area contributed by atoms with E-state index in [9.17, 15) is 9.59 Å². The maximum absolute atomic E-state index is 12.7. The summed E-state index contributed by atoms with van der Waals surface area (Å²) in [5.74, 6) is -0.137. The third kappa shape index (κ3) is 4.17. The molecule has 4 aromatic heterocycles. The normalized spacial score (nSPS) is 11.5. The number of hydrogen-bond acceptors (Lipinski definition) is 5. The Kier molecular flexibility index (Phi) is 5.74. The summed E-state index contributed by atoms with van der Waals surface area (Å²) in [5, 5.41) is 13.5. The molecule has 8 nitrogen and oxygen atoms in total. The van der Waals surface area contributed by atoms with Crippen LogP contribution in [0.5, 0.6) is 0 Å². The van der Waals surface area contributed by atoms with Crippen molar-refractivity contribution in [3.05, 3.63) is 86.4 Å². The van der Waals surface area contributed by atoms with Gasteiger partial charge in [-0.25, -0.2) is 9.48 Å². The lowest BCUT2D eigenvalue weighted by molar-refractivity contribution is 0.0956. The maximum atomic E-state index is 12.7. The van der Waals surface area contributed by atoms with Gasteiger partial charge in [-0.1, -0.05) is 35.9 Å². The number of halogens is 1. The first kappa shape index (κ1) is 21.4. The molecule has 1 amide bonds. The van der Waals surface area contributed by atoms with Crippen LogP contribution in [0.1, 0.15) is 27.3 Å². The first-order valence-corrected chi connectivity index (χ1v) is 11.7. The molecule has 0 unspecified atom stereocenters. The monoisotopic (exact) mass is 480 g/mol.